The second kappa shape index (κ2) is 3.53. The van der Waals surface area contributed by atoms with Crippen LogP contribution < -0.4 is 5.73 Å². The molecule has 5 N–H and O–H groups in total. The Hall–Kier alpha value is -1.42. The molecule has 0 aliphatic heterocycles. The molecular weight excluding hydrogens is 170 g/mol. The summed E-state index contributed by atoms with van der Waals surface area (Å²) in [5.74, 6) is -0.527. The van der Waals surface area contributed by atoms with Crippen LogP contribution in [-0.4, -0.2) is 15.3 Å². The lowest BCUT2D eigenvalue weighted by Crippen LogP contribution is -2.08. The average molecular weight is 183 g/mol. The Kier molecular flexibility index (Phi) is 2.63. The minimum Gasteiger partial charge on any atom is -0.508 e. The van der Waals surface area contributed by atoms with Gasteiger partial charge in [0.15, 0.2) is 0 Å². The highest BCUT2D eigenvalue weighted by Gasteiger charge is 2.15. The summed E-state index contributed by atoms with van der Waals surface area (Å²) in [6, 6.07) is 1.90. The van der Waals surface area contributed by atoms with Gasteiger partial charge in [0.1, 0.15) is 17.2 Å². The van der Waals surface area contributed by atoms with E-state index in [1.165, 1.54) is 0 Å². The van der Waals surface area contributed by atoms with Crippen LogP contribution in [0, 0.1) is 0 Å². The summed E-state index contributed by atoms with van der Waals surface area (Å²) in [6.07, 6.45) is 0.603. The van der Waals surface area contributed by atoms with Crippen LogP contribution in [0.3, 0.4) is 0 Å². The summed E-state index contributed by atoms with van der Waals surface area (Å²) in [7, 11) is 0. The SMILES string of the molecule is CC[C@H](N)c1c(O)cc(O)cc1O. The average Bonchev–Trinajstić information content (AvgIpc) is 2.02. The summed E-state index contributed by atoms with van der Waals surface area (Å²) in [5, 5.41) is 27.8. The molecule has 1 aromatic rings. The lowest BCUT2D eigenvalue weighted by atomic mass is 10.0. The van der Waals surface area contributed by atoms with E-state index in [2.05, 4.69) is 0 Å². The maximum Gasteiger partial charge on any atom is 0.127 e. The molecule has 0 aliphatic rings. The third-order valence-corrected chi connectivity index (χ3v) is 1.93. The Morgan fingerprint density at radius 1 is 1.23 bits per heavy atom. The summed E-state index contributed by atoms with van der Waals surface area (Å²) >= 11 is 0. The monoisotopic (exact) mass is 183 g/mol. The quantitative estimate of drug-likeness (QED) is 0.555. The van der Waals surface area contributed by atoms with Crippen molar-refractivity contribution < 1.29 is 15.3 Å². The zero-order valence-corrected chi connectivity index (χ0v) is 7.36. The van der Waals surface area contributed by atoms with Gasteiger partial charge in [-0.15, -0.1) is 0 Å². The van der Waals surface area contributed by atoms with Gasteiger partial charge in [-0.05, 0) is 6.42 Å². The number of rotatable bonds is 2. The smallest absolute Gasteiger partial charge is 0.127 e. The molecule has 1 atom stereocenters. The Morgan fingerprint density at radius 2 is 1.69 bits per heavy atom. The van der Waals surface area contributed by atoms with E-state index in [9.17, 15) is 10.2 Å². The van der Waals surface area contributed by atoms with Gasteiger partial charge in [0.05, 0.1) is 5.56 Å². The lowest BCUT2D eigenvalue weighted by Gasteiger charge is -2.13. The number of aromatic hydroxyl groups is 3. The zero-order chi connectivity index (χ0) is 10.0. The van der Waals surface area contributed by atoms with E-state index >= 15 is 0 Å². The zero-order valence-electron chi connectivity index (χ0n) is 7.36. The van der Waals surface area contributed by atoms with Crippen LogP contribution >= 0.6 is 0 Å². The maximum atomic E-state index is 9.37. The lowest BCUT2D eigenvalue weighted by molar-refractivity contribution is 0.411. The van der Waals surface area contributed by atoms with E-state index in [1.807, 2.05) is 6.92 Å². The Bertz CT molecular complexity index is 289. The van der Waals surface area contributed by atoms with E-state index in [-0.39, 0.29) is 22.8 Å². The van der Waals surface area contributed by atoms with Crippen molar-refractivity contribution in [1.82, 2.24) is 0 Å². The second-order valence-electron chi connectivity index (χ2n) is 2.91. The molecule has 13 heavy (non-hydrogen) atoms. The molecule has 0 saturated heterocycles. The fourth-order valence-electron chi connectivity index (χ4n) is 1.19. The predicted octanol–water partition coefficient (Wildman–Crippen LogP) is 1.21. The first-order valence-corrected chi connectivity index (χ1v) is 4.06. The van der Waals surface area contributed by atoms with Crippen molar-refractivity contribution >= 4 is 0 Å². The molecule has 0 amide bonds. The standard InChI is InChI=1S/C9H13NO3/c1-2-6(10)9-7(12)3-5(11)4-8(9)13/h3-4,6,11-13H,2,10H2,1H3/t6-/m0/s1. The topological polar surface area (TPSA) is 86.7 Å². The van der Waals surface area contributed by atoms with Crippen LogP contribution in [0.5, 0.6) is 17.2 Å². The van der Waals surface area contributed by atoms with Crippen LogP contribution in [0.15, 0.2) is 12.1 Å². The van der Waals surface area contributed by atoms with E-state index in [0.717, 1.165) is 12.1 Å². The fourth-order valence-corrected chi connectivity index (χ4v) is 1.19. The molecule has 0 aliphatic carbocycles. The van der Waals surface area contributed by atoms with Gasteiger partial charge in [0.2, 0.25) is 0 Å². The molecule has 0 aromatic heterocycles. The number of nitrogens with two attached hydrogens (primary N) is 1. The van der Waals surface area contributed by atoms with Gasteiger partial charge >= 0.3 is 0 Å². The highest BCUT2D eigenvalue weighted by molar-refractivity contribution is 5.50. The third kappa shape index (κ3) is 1.84. The fraction of sp³-hybridized carbons (Fsp3) is 0.333. The van der Waals surface area contributed by atoms with E-state index in [4.69, 9.17) is 10.8 Å². The highest BCUT2D eigenvalue weighted by Crippen LogP contribution is 2.36. The van der Waals surface area contributed by atoms with Crippen LogP contribution in [-0.2, 0) is 0 Å². The first-order chi connectivity index (χ1) is 6.06. The van der Waals surface area contributed by atoms with Crippen LogP contribution in [0.25, 0.3) is 0 Å². The molecule has 4 heteroatoms. The summed E-state index contributed by atoms with van der Waals surface area (Å²) in [5.41, 5.74) is 5.92. The molecule has 4 nitrogen and oxygen atoms in total. The molecule has 1 rings (SSSR count). The summed E-state index contributed by atoms with van der Waals surface area (Å²) in [6.45, 7) is 1.84. The minimum absolute atomic E-state index is 0.174. The van der Waals surface area contributed by atoms with Gasteiger partial charge in [-0.25, -0.2) is 0 Å². The van der Waals surface area contributed by atoms with Crippen molar-refractivity contribution in [2.24, 2.45) is 5.73 Å². The number of hydrogen-bond acceptors (Lipinski definition) is 4. The molecule has 0 saturated carbocycles. The first-order valence-electron chi connectivity index (χ1n) is 4.06. The van der Waals surface area contributed by atoms with Crippen molar-refractivity contribution in [2.75, 3.05) is 0 Å². The van der Waals surface area contributed by atoms with E-state index < -0.39 is 6.04 Å². The van der Waals surface area contributed by atoms with Crippen molar-refractivity contribution in [2.45, 2.75) is 19.4 Å². The van der Waals surface area contributed by atoms with Crippen molar-refractivity contribution in [3.05, 3.63) is 17.7 Å². The van der Waals surface area contributed by atoms with Gasteiger partial charge in [-0.3, -0.25) is 0 Å². The summed E-state index contributed by atoms with van der Waals surface area (Å²) in [4.78, 5) is 0. The van der Waals surface area contributed by atoms with Gasteiger partial charge in [0, 0.05) is 18.2 Å². The normalized spacial score (nSPS) is 12.8. The first kappa shape index (κ1) is 9.67. The van der Waals surface area contributed by atoms with Crippen molar-refractivity contribution in [3.63, 3.8) is 0 Å². The highest BCUT2D eigenvalue weighted by atomic mass is 16.3. The predicted molar refractivity (Wildman–Crippen MR) is 48.7 cm³/mol. The third-order valence-electron chi connectivity index (χ3n) is 1.93. The molecule has 1 aromatic carbocycles. The molecular formula is C9H13NO3. The molecule has 0 spiro atoms. The van der Waals surface area contributed by atoms with Crippen LogP contribution in [0.1, 0.15) is 24.9 Å². The Labute approximate surface area is 76.2 Å². The number of phenols is 3. The van der Waals surface area contributed by atoms with Crippen LogP contribution in [0.2, 0.25) is 0 Å². The van der Waals surface area contributed by atoms with Gasteiger partial charge < -0.3 is 21.1 Å². The molecule has 0 heterocycles. The van der Waals surface area contributed by atoms with Crippen LogP contribution in [0.4, 0.5) is 0 Å². The minimum atomic E-state index is -0.416. The van der Waals surface area contributed by atoms with Crippen molar-refractivity contribution in [3.8, 4) is 17.2 Å². The Morgan fingerprint density at radius 3 is 2.08 bits per heavy atom. The molecule has 0 fully saturated rings. The molecule has 0 radical (unpaired) electrons. The Balaban J connectivity index is 3.20. The second-order valence-corrected chi connectivity index (χ2v) is 2.91. The van der Waals surface area contributed by atoms with Gasteiger partial charge in [0.25, 0.3) is 0 Å². The summed E-state index contributed by atoms with van der Waals surface area (Å²) < 4.78 is 0. The van der Waals surface area contributed by atoms with Gasteiger partial charge in [-0.2, -0.15) is 0 Å². The molecule has 72 valence electrons. The number of phenolic OH excluding ortho intramolecular Hbond substituents is 3. The maximum absolute atomic E-state index is 9.37. The number of hydrogen-bond donors (Lipinski definition) is 4. The number of benzene rings is 1. The molecule has 0 unspecified atom stereocenters. The largest absolute Gasteiger partial charge is 0.508 e. The van der Waals surface area contributed by atoms with E-state index in [0.29, 0.717) is 6.42 Å². The molecule has 0 bridgehead atoms. The van der Waals surface area contributed by atoms with Crippen molar-refractivity contribution in [1.29, 1.82) is 0 Å². The van der Waals surface area contributed by atoms with E-state index in [1.54, 1.807) is 0 Å². The van der Waals surface area contributed by atoms with Gasteiger partial charge in [-0.1, -0.05) is 6.92 Å².